The van der Waals surface area contributed by atoms with Crippen molar-refractivity contribution in [3.63, 3.8) is 0 Å². The zero-order chi connectivity index (χ0) is 22.5. The molecule has 6 rings (SSSR count). The normalized spacial score (nSPS) is 18.1. The maximum Gasteiger partial charge on any atom is 0.255 e. The van der Waals surface area contributed by atoms with Crippen molar-refractivity contribution in [1.82, 2.24) is 30.2 Å². The Bertz CT molecular complexity index is 1400. The van der Waals surface area contributed by atoms with Crippen LogP contribution in [0.25, 0.3) is 22.4 Å². The Hall–Kier alpha value is -4.34. The van der Waals surface area contributed by atoms with Crippen LogP contribution >= 0.6 is 0 Å². The van der Waals surface area contributed by atoms with E-state index < -0.39 is 11.9 Å². The highest BCUT2D eigenvalue weighted by atomic mass is 16.3. The van der Waals surface area contributed by atoms with Crippen molar-refractivity contribution in [2.45, 2.75) is 32.0 Å². The standard InChI is InChI=1S/C23H18N6O4/c30-20-8-7-18(22(31)25-20)29-10-14-9-13(5-6-15(14)23(29)32)17-11-28(27-26-17)12-21-24-16-3-1-2-4-19(16)33-21/h1-6,9,11,18H,7-8,10,12H2,(H,25,30,31). The molecule has 10 nitrogen and oxygen atoms in total. The number of nitrogens with zero attached hydrogens (tertiary/aromatic N) is 5. The summed E-state index contributed by atoms with van der Waals surface area (Å²) in [5, 5.41) is 10.7. The van der Waals surface area contributed by atoms with Gasteiger partial charge in [-0.05, 0) is 36.2 Å². The van der Waals surface area contributed by atoms with Gasteiger partial charge in [0.25, 0.3) is 5.91 Å². The summed E-state index contributed by atoms with van der Waals surface area (Å²) >= 11 is 0. The second-order valence-electron chi connectivity index (χ2n) is 8.15. The third-order valence-corrected chi connectivity index (χ3v) is 5.99. The van der Waals surface area contributed by atoms with E-state index in [1.807, 2.05) is 36.4 Å². The van der Waals surface area contributed by atoms with Gasteiger partial charge in [-0.2, -0.15) is 0 Å². The Kier molecular flexibility index (Phi) is 4.32. The number of hydrogen-bond donors (Lipinski definition) is 1. The first-order valence-electron chi connectivity index (χ1n) is 10.6. The second kappa shape index (κ2) is 7.37. The highest BCUT2D eigenvalue weighted by Crippen LogP contribution is 2.30. The van der Waals surface area contributed by atoms with Gasteiger partial charge in [-0.25, -0.2) is 9.67 Å². The van der Waals surface area contributed by atoms with E-state index in [-0.39, 0.29) is 18.2 Å². The van der Waals surface area contributed by atoms with Crippen LogP contribution in [-0.2, 0) is 22.7 Å². The Morgan fingerprint density at radius 2 is 2.00 bits per heavy atom. The number of piperidine rings is 1. The quantitative estimate of drug-likeness (QED) is 0.479. The SMILES string of the molecule is O=C1CCC(N2Cc3cc(-c4cn(Cc5nc6ccccc6o5)nn4)ccc3C2=O)C(=O)N1. The van der Waals surface area contributed by atoms with Gasteiger partial charge in [0, 0.05) is 24.1 Å². The summed E-state index contributed by atoms with van der Waals surface area (Å²) in [7, 11) is 0. The molecule has 2 aliphatic heterocycles. The first-order chi connectivity index (χ1) is 16.0. The Morgan fingerprint density at radius 3 is 2.85 bits per heavy atom. The molecule has 1 saturated heterocycles. The van der Waals surface area contributed by atoms with E-state index in [1.54, 1.807) is 16.9 Å². The lowest BCUT2D eigenvalue weighted by molar-refractivity contribution is -0.136. The Balaban J connectivity index is 1.22. The number of para-hydroxylation sites is 2. The topological polar surface area (TPSA) is 123 Å². The highest BCUT2D eigenvalue weighted by Gasteiger charge is 2.39. The molecule has 0 spiro atoms. The molecule has 1 N–H and O–H groups in total. The van der Waals surface area contributed by atoms with Crippen LogP contribution in [0, 0.1) is 0 Å². The zero-order valence-electron chi connectivity index (χ0n) is 17.4. The molecule has 164 valence electrons. The molecule has 0 radical (unpaired) electrons. The van der Waals surface area contributed by atoms with E-state index >= 15 is 0 Å². The van der Waals surface area contributed by atoms with Crippen molar-refractivity contribution in [2.75, 3.05) is 0 Å². The number of rotatable bonds is 4. The number of oxazole rings is 1. The molecule has 33 heavy (non-hydrogen) atoms. The molecule has 0 aliphatic carbocycles. The Labute approximate surface area is 187 Å². The number of carbonyl (C=O) groups is 3. The van der Waals surface area contributed by atoms with Crippen LogP contribution in [0.2, 0.25) is 0 Å². The minimum Gasteiger partial charge on any atom is -0.439 e. The lowest BCUT2D eigenvalue weighted by Gasteiger charge is -2.29. The summed E-state index contributed by atoms with van der Waals surface area (Å²) < 4.78 is 7.39. The molecular weight excluding hydrogens is 424 g/mol. The van der Waals surface area contributed by atoms with Gasteiger partial charge in [0.05, 0.1) is 6.20 Å². The Morgan fingerprint density at radius 1 is 1.12 bits per heavy atom. The number of imide groups is 1. The largest absolute Gasteiger partial charge is 0.439 e. The van der Waals surface area contributed by atoms with Crippen molar-refractivity contribution in [3.05, 3.63) is 65.7 Å². The van der Waals surface area contributed by atoms with E-state index in [4.69, 9.17) is 4.42 Å². The van der Waals surface area contributed by atoms with Crippen LogP contribution in [0.15, 0.2) is 53.1 Å². The van der Waals surface area contributed by atoms with Gasteiger partial charge in [0.1, 0.15) is 23.8 Å². The van der Waals surface area contributed by atoms with E-state index in [9.17, 15) is 14.4 Å². The van der Waals surface area contributed by atoms with E-state index in [1.165, 1.54) is 4.90 Å². The smallest absolute Gasteiger partial charge is 0.255 e. The molecule has 3 amide bonds. The van der Waals surface area contributed by atoms with Gasteiger partial charge in [-0.1, -0.05) is 23.4 Å². The monoisotopic (exact) mass is 442 g/mol. The fourth-order valence-electron chi connectivity index (χ4n) is 4.37. The number of amides is 3. The number of nitrogens with one attached hydrogen (secondary N) is 1. The summed E-state index contributed by atoms with van der Waals surface area (Å²) in [5.74, 6) is -0.392. The molecule has 0 saturated carbocycles. The predicted molar refractivity (Wildman–Crippen MR) is 115 cm³/mol. The van der Waals surface area contributed by atoms with Crippen LogP contribution in [0.3, 0.4) is 0 Å². The predicted octanol–water partition coefficient (Wildman–Crippen LogP) is 1.90. The van der Waals surface area contributed by atoms with Gasteiger partial charge in [-0.15, -0.1) is 5.10 Å². The van der Waals surface area contributed by atoms with Crippen LogP contribution in [0.1, 0.15) is 34.7 Å². The zero-order valence-corrected chi connectivity index (χ0v) is 17.4. The number of hydrogen-bond acceptors (Lipinski definition) is 7. The molecule has 1 atom stereocenters. The van der Waals surface area contributed by atoms with Crippen LogP contribution in [0.5, 0.6) is 0 Å². The molecule has 10 heteroatoms. The van der Waals surface area contributed by atoms with Crippen LogP contribution < -0.4 is 5.32 Å². The average Bonchev–Trinajstić information content (AvgIpc) is 3.51. The van der Waals surface area contributed by atoms with E-state index in [0.29, 0.717) is 36.7 Å². The highest BCUT2D eigenvalue weighted by molar-refractivity contribution is 6.05. The van der Waals surface area contributed by atoms with Crippen molar-refractivity contribution in [3.8, 4) is 11.3 Å². The second-order valence-corrected chi connectivity index (χ2v) is 8.15. The molecule has 1 fully saturated rings. The molecule has 2 aliphatic rings. The first-order valence-corrected chi connectivity index (χ1v) is 10.6. The molecule has 1 unspecified atom stereocenters. The molecule has 2 aromatic heterocycles. The van der Waals surface area contributed by atoms with Gasteiger partial charge in [0.15, 0.2) is 5.58 Å². The van der Waals surface area contributed by atoms with Crippen molar-refractivity contribution >= 4 is 28.8 Å². The minimum absolute atomic E-state index is 0.203. The minimum atomic E-state index is -0.636. The summed E-state index contributed by atoms with van der Waals surface area (Å²) in [6.07, 6.45) is 2.36. The third kappa shape index (κ3) is 3.36. The number of carbonyl (C=O) groups excluding carboxylic acids is 3. The van der Waals surface area contributed by atoms with E-state index in [0.717, 1.165) is 22.2 Å². The van der Waals surface area contributed by atoms with Gasteiger partial charge < -0.3 is 9.32 Å². The maximum absolute atomic E-state index is 12.9. The van der Waals surface area contributed by atoms with Gasteiger partial charge >= 0.3 is 0 Å². The summed E-state index contributed by atoms with van der Waals surface area (Å²) in [4.78, 5) is 42.5. The summed E-state index contributed by atoms with van der Waals surface area (Å²) in [6, 6.07) is 12.4. The molecule has 4 aromatic rings. The number of benzene rings is 2. The number of aromatic nitrogens is 4. The molecular formula is C23H18N6O4. The lowest BCUT2D eigenvalue weighted by atomic mass is 10.0. The molecule has 4 heterocycles. The van der Waals surface area contributed by atoms with E-state index in [2.05, 4.69) is 20.6 Å². The van der Waals surface area contributed by atoms with Crippen molar-refractivity contribution in [1.29, 1.82) is 0 Å². The average molecular weight is 442 g/mol. The van der Waals surface area contributed by atoms with Gasteiger partial charge in [0.2, 0.25) is 17.7 Å². The maximum atomic E-state index is 12.9. The fraction of sp³-hybridized carbons (Fsp3) is 0.217. The molecule has 0 bridgehead atoms. The van der Waals surface area contributed by atoms with Crippen LogP contribution in [0.4, 0.5) is 0 Å². The van der Waals surface area contributed by atoms with Gasteiger partial charge in [-0.3, -0.25) is 19.7 Å². The van der Waals surface area contributed by atoms with Crippen molar-refractivity contribution < 1.29 is 18.8 Å². The summed E-state index contributed by atoms with van der Waals surface area (Å²) in [5.41, 5.74) is 4.35. The van der Waals surface area contributed by atoms with Crippen LogP contribution in [-0.4, -0.2) is 48.6 Å². The van der Waals surface area contributed by atoms with Crippen molar-refractivity contribution in [2.24, 2.45) is 0 Å². The summed E-state index contributed by atoms with van der Waals surface area (Å²) in [6.45, 7) is 0.653. The first kappa shape index (κ1) is 19.4. The molecule has 2 aromatic carbocycles. The lowest BCUT2D eigenvalue weighted by Crippen LogP contribution is -2.52. The third-order valence-electron chi connectivity index (χ3n) is 5.99. The number of fused-ring (bicyclic) bond motifs is 2. The fourth-order valence-corrected chi connectivity index (χ4v) is 4.37.